The third-order valence-corrected chi connectivity index (χ3v) is 21.8. The first kappa shape index (κ1) is 66.6. The minimum absolute atomic E-state index is 0.112. The molecule has 4 aromatic heterocycles. The Labute approximate surface area is 563 Å². The number of aromatic nitrogens is 6. The molecule has 4 amide bonds. The fraction of sp³-hybridized carbons (Fsp3) is 0.486. The molecule has 4 fully saturated rings. The Morgan fingerprint density at radius 2 is 1.03 bits per heavy atom. The largest absolute Gasteiger partial charge is 0.494 e. The van der Waals surface area contributed by atoms with Gasteiger partial charge >= 0.3 is 20.3 Å². The molecule has 8 heterocycles. The van der Waals surface area contributed by atoms with Crippen molar-refractivity contribution in [2.75, 3.05) is 26.8 Å². The highest BCUT2D eigenvalue weighted by atomic mass is 16.7. The lowest BCUT2D eigenvalue weighted by atomic mass is 9.77. The third kappa shape index (κ3) is 11.5. The van der Waals surface area contributed by atoms with E-state index in [-0.39, 0.29) is 72.4 Å². The zero-order valence-corrected chi connectivity index (χ0v) is 58.3. The summed E-state index contributed by atoms with van der Waals surface area (Å²) in [5, 5.41) is 17.2. The summed E-state index contributed by atoms with van der Waals surface area (Å²) in [4.78, 5) is 71.7. The third-order valence-electron chi connectivity index (χ3n) is 21.8. The summed E-state index contributed by atoms with van der Waals surface area (Å²) < 4.78 is 35.0. The summed E-state index contributed by atoms with van der Waals surface area (Å²) in [6.07, 6.45) is 7.94. The minimum atomic E-state index is -0.731. The predicted octanol–water partition coefficient (Wildman–Crippen LogP) is 10.7. The average Bonchev–Trinajstić information content (AvgIpc) is 1.57. The van der Waals surface area contributed by atoms with Gasteiger partial charge in [-0.05, 0) is 170 Å². The number of likely N-dealkylation sites (tertiary alicyclic amines) is 2. The maximum atomic E-state index is 13.7. The number of rotatable bonds is 15. The number of aliphatic hydroxyl groups is 1. The molecule has 6 aliphatic rings. The van der Waals surface area contributed by atoms with Crippen molar-refractivity contribution in [1.82, 2.24) is 49.5 Å². The number of alkyl carbamates (subject to hydrolysis) is 1. The molecule has 5 N–H and O–H groups in total. The molecule has 4 aliphatic heterocycles. The molecule has 0 bridgehead atoms. The zero-order valence-electron chi connectivity index (χ0n) is 58.3. The average molecular weight is 1300 g/mol. The number of nitrogens with one attached hydrogen (secondary N) is 4. The highest BCUT2D eigenvalue weighted by Gasteiger charge is 2.53. The molecule has 8 aromatic rings. The number of nitrogens with zero attached hydrogens (tertiary/aromatic N) is 6. The number of aryl methyl sites for hydroxylation is 2. The Hall–Kier alpha value is -8.01. The van der Waals surface area contributed by atoms with Gasteiger partial charge in [0.05, 0.1) is 76.8 Å². The van der Waals surface area contributed by atoms with E-state index in [1.165, 1.54) is 73.7 Å². The number of aromatic amines is 2. The van der Waals surface area contributed by atoms with Crippen LogP contribution in [0.4, 0.5) is 4.79 Å². The van der Waals surface area contributed by atoms with Crippen LogP contribution in [0, 0.1) is 11.8 Å². The number of carbonyl (C=O) groups excluding carboxylic acids is 4. The van der Waals surface area contributed by atoms with E-state index < -0.39 is 30.7 Å². The van der Waals surface area contributed by atoms with Crippen LogP contribution in [-0.4, -0.2) is 143 Å². The van der Waals surface area contributed by atoms with Gasteiger partial charge in [-0.15, -0.1) is 0 Å². The van der Waals surface area contributed by atoms with Crippen molar-refractivity contribution in [2.45, 2.75) is 195 Å². The number of methoxy groups -OCH3 is 1. The second-order valence-electron chi connectivity index (χ2n) is 29.5. The molecule has 20 nitrogen and oxygen atoms in total. The van der Waals surface area contributed by atoms with Gasteiger partial charge in [-0.3, -0.25) is 14.4 Å². The van der Waals surface area contributed by atoms with Crippen molar-refractivity contribution in [3.63, 3.8) is 0 Å². The van der Waals surface area contributed by atoms with Gasteiger partial charge in [-0.25, -0.2) is 14.8 Å². The monoisotopic (exact) mass is 1300 g/mol. The lowest BCUT2D eigenvalue weighted by molar-refractivity contribution is -0.139. The van der Waals surface area contributed by atoms with Crippen LogP contribution in [0.2, 0.25) is 0 Å². The fourth-order valence-electron chi connectivity index (χ4n) is 15.2. The Morgan fingerprint density at radius 1 is 0.604 bits per heavy atom. The topological polar surface area (TPSA) is 232 Å². The van der Waals surface area contributed by atoms with Crippen LogP contribution >= 0.6 is 0 Å². The maximum Gasteiger partial charge on any atom is 0.494 e. The molecular formula is C74H92B2N10O10. The van der Waals surface area contributed by atoms with E-state index in [2.05, 4.69) is 172 Å². The Morgan fingerprint density at radius 3 is 1.51 bits per heavy atom. The van der Waals surface area contributed by atoms with Gasteiger partial charge in [-0.1, -0.05) is 76.2 Å². The number of imidazole rings is 2. The number of hydrogen-bond acceptors (Lipinski definition) is 12. The molecule has 4 saturated heterocycles. The highest BCUT2D eigenvalue weighted by Crippen LogP contribution is 2.47. The van der Waals surface area contributed by atoms with E-state index in [0.717, 1.165) is 90.9 Å². The van der Waals surface area contributed by atoms with E-state index in [9.17, 15) is 24.3 Å². The SMILES string of the molecule is CCn1c2c(c3cc(-c4cnc([C@@H]5CCCN5C(=O)[C@@H](NC(=O)CO)C(C)C)[nH]4)ccc31)Cc1cc(-c3cnc([C@@H]4CCCN4C(=O)[C@@H](NC(=O)OC)C(C)C)[nH]3)ccc1-2.CCn1c2c(c3cc(B4OC(C)(C)C(C)(C)O4)ccc31)Cc1cc(B3OC(C)(C)C(C)(C)O3)ccc1-2. The molecule has 22 heteroatoms. The lowest BCUT2D eigenvalue weighted by Crippen LogP contribution is -2.51. The summed E-state index contributed by atoms with van der Waals surface area (Å²) in [6, 6.07) is 24.6. The van der Waals surface area contributed by atoms with Crippen LogP contribution in [0.5, 0.6) is 0 Å². The molecule has 4 aromatic carbocycles. The fourth-order valence-corrected chi connectivity index (χ4v) is 15.2. The van der Waals surface area contributed by atoms with E-state index in [4.69, 9.17) is 33.3 Å². The first-order valence-corrected chi connectivity index (χ1v) is 34.4. The van der Waals surface area contributed by atoms with E-state index in [1.54, 1.807) is 4.90 Å². The number of hydrogen-bond donors (Lipinski definition) is 5. The van der Waals surface area contributed by atoms with Crippen LogP contribution in [0.3, 0.4) is 0 Å². The van der Waals surface area contributed by atoms with Crippen molar-refractivity contribution in [2.24, 2.45) is 11.8 Å². The second kappa shape index (κ2) is 25.1. The number of aliphatic hydroxyl groups excluding tert-OH is 1. The van der Waals surface area contributed by atoms with E-state index in [0.29, 0.717) is 18.9 Å². The summed E-state index contributed by atoms with van der Waals surface area (Å²) in [5.74, 6) is 0.322. The van der Waals surface area contributed by atoms with Crippen LogP contribution < -0.4 is 21.6 Å². The molecular weight excluding hydrogens is 1210 g/mol. The predicted molar refractivity (Wildman–Crippen MR) is 374 cm³/mol. The smallest absolute Gasteiger partial charge is 0.453 e. The van der Waals surface area contributed by atoms with Crippen LogP contribution in [0.1, 0.15) is 169 Å². The summed E-state index contributed by atoms with van der Waals surface area (Å²) in [6.45, 7) is 31.0. The number of H-pyrrole nitrogens is 2. The van der Waals surface area contributed by atoms with Crippen molar-refractivity contribution >= 4 is 70.8 Å². The van der Waals surface area contributed by atoms with Crippen molar-refractivity contribution < 1.29 is 47.6 Å². The summed E-state index contributed by atoms with van der Waals surface area (Å²) in [7, 11) is 0.586. The molecule has 2 aliphatic carbocycles. The van der Waals surface area contributed by atoms with Crippen LogP contribution in [0.15, 0.2) is 85.2 Å². The lowest BCUT2D eigenvalue weighted by Gasteiger charge is -2.32. The molecule has 0 radical (unpaired) electrons. The van der Waals surface area contributed by atoms with Crippen molar-refractivity contribution in [1.29, 1.82) is 0 Å². The zero-order chi connectivity index (χ0) is 68.2. The van der Waals surface area contributed by atoms with Gasteiger partial charge in [0, 0.05) is 77.5 Å². The van der Waals surface area contributed by atoms with Crippen LogP contribution in [-0.2, 0) is 63.7 Å². The maximum absolute atomic E-state index is 13.7. The number of ether oxygens (including phenoxy) is 1. The van der Waals surface area contributed by atoms with Gasteiger partial charge in [0.25, 0.3) is 0 Å². The number of carbonyl (C=O) groups is 4. The Kier molecular flexibility index (Phi) is 17.4. The minimum Gasteiger partial charge on any atom is -0.453 e. The Balaban J connectivity index is 0.000000196. The quantitative estimate of drug-likeness (QED) is 0.0604. The number of fused-ring (bicyclic) bond motifs is 10. The first-order chi connectivity index (χ1) is 45.7. The van der Waals surface area contributed by atoms with Crippen molar-refractivity contribution in [3.8, 4) is 45.0 Å². The number of benzene rings is 4. The number of amides is 4. The molecule has 0 unspecified atom stereocenters. The van der Waals surface area contributed by atoms with E-state index >= 15 is 0 Å². The van der Waals surface area contributed by atoms with Gasteiger partial charge < -0.3 is 68.0 Å². The molecule has 4 atom stereocenters. The van der Waals surface area contributed by atoms with Gasteiger partial charge in [-0.2, -0.15) is 0 Å². The van der Waals surface area contributed by atoms with Gasteiger partial charge in [0.1, 0.15) is 30.3 Å². The van der Waals surface area contributed by atoms with Gasteiger partial charge in [0.2, 0.25) is 17.7 Å². The molecule has 504 valence electrons. The molecule has 14 rings (SSSR count). The normalized spacial score (nSPS) is 20.0. The first-order valence-electron chi connectivity index (χ1n) is 34.4. The summed E-state index contributed by atoms with van der Waals surface area (Å²) >= 11 is 0. The molecule has 0 spiro atoms. The summed E-state index contributed by atoms with van der Waals surface area (Å²) in [5.41, 5.74) is 17.3. The highest BCUT2D eigenvalue weighted by molar-refractivity contribution is 6.62. The van der Waals surface area contributed by atoms with E-state index in [1.807, 2.05) is 45.0 Å². The van der Waals surface area contributed by atoms with Crippen molar-refractivity contribution in [3.05, 3.63) is 119 Å². The van der Waals surface area contributed by atoms with Gasteiger partial charge in [0.15, 0.2) is 0 Å². The second-order valence-corrected chi connectivity index (χ2v) is 29.5. The molecule has 0 saturated carbocycles. The molecule has 96 heavy (non-hydrogen) atoms. The standard InChI is InChI=1S/C45H55N9O6.C29H37B2NO4/c1-7-52-34-15-13-27(33-22-47-42(49-33)35-10-8-16-53(35)43(57)38(24(2)3)50-37(56)23-55)19-30(34)31-20-28-18-26(12-14-29(28)40(31)52)32-21-46-41(48-32)36-11-9-17-54(36)44(58)39(25(4)5)51-45(59)60-6;1-10-32-24-14-12-20(31-35-28(6,7)29(8,9)36-31)17-22(24)23-16-18-15-19(11-13-21(18)25(23)32)30-33-26(2,3)27(4,5)34-30/h12-15,18-19,21-22,24-25,35-36,38-39,55H,7-11,16-17,20,23H2,1-6H3,(H,46,48)(H,47,49)(H,50,56)(H,51,59);11-15,17H,10,16H2,1-9H3/t35-,36-,38-,39-;/m0./s1. The Bertz CT molecular complexity index is 4330. The van der Waals surface area contributed by atoms with Crippen LogP contribution in [0.25, 0.3) is 66.8 Å².